The predicted octanol–water partition coefficient (Wildman–Crippen LogP) is 4.88. The molecule has 9 nitrogen and oxygen atoms in total. The molecule has 0 aromatic heterocycles. The number of benzene rings is 2. The summed E-state index contributed by atoms with van der Waals surface area (Å²) in [5.41, 5.74) is 1.57. The Morgan fingerprint density at radius 3 is 2.27 bits per heavy atom. The first kappa shape index (κ1) is 34.7. The fourth-order valence-electron chi connectivity index (χ4n) is 6.99. The van der Waals surface area contributed by atoms with Crippen LogP contribution in [0.1, 0.15) is 86.2 Å². The molecular weight excluding hydrogens is 594 g/mol. The van der Waals surface area contributed by atoms with Crippen LogP contribution in [-0.4, -0.2) is 77.1 Å². The third-order valence-electron chi connectivity index (χ3n) is 9.78. The van der Waals surface area contributed by atoms with Gasteiger partial charge in [0.15, 0.2) is 0 Å². The van der Waals surface area contributed by atoms with Crippen molar-refractivity contribution >= 4 is 30.2 Å². The number of piperazine rings is 1. The summed E-state index contributed by atoms with van der Waals surface area (Å²) in [6.07, 6.45) is 7.12. The van der Waals surface area contributed by atoms with E-state index >= 15 is 0 Å². The zero-order valence-electron chi connectivity index (χ0n) is 26.5. The Morgan fingerprint density at radius 2 is 1.64 bits per heavy atom. The average Bonchev–Trinajstić information content (AvgIpc) is 3.07. The van der Waals surface area contributed by atoms with Gasteiger partial charge in [0.1, 0.15) is 23.9 Å². The molecule has 45 heavy (non-hydrogen) atoms. The first-order chi connectivity index (χ1) is 21.3. The van der Waals surface area contributed by atoms with Crippen LogP contribution in [0.3, 0.4) is 0 Å². The lowest BCUT2D eigenvalue weighted by molar-refractivity contribution is -0.166. The van der Waals surface area contributed by atoms with E-state index in [4.69, 9.17) is 9.47 Å². The molecule has 0 radical (unpaired) electrons. The Bertz CT molecular complexity index is 1270. The van der Waals surface area contributed by atoms with Crippen molar-refractivity contribution in [1.29, 1.82) is 0 Å². The van der Waals surface area contributed by atoms with E-state index in [2.05, 4.69) is 17.1 Å². The number of aliphatic hydroxyl groups is 1. The highest BCUT2D eigenvalue weighted by atomic mass is 35.5. The van der Waals surface area contributed by atoms with Crippen molar-refractivity contribution in [3.05, 3.63) is 65.2 Å². The van der Waals surface area contributed by atoms with Gasteiger partial charge in [-0.1, -0.05) is 56.9 Å². The second-order valence-electron chi connectivity index (χ2n) is 12.6. The normalized spacial score (nSPS) is 21.1. The van der Waals surface area contributed by atoms with Crippen LogP contribution >= 0.6 is 12.4 Å². The summed E-state index contributed by atoms with van der Waals surface area (Å²) in [6.45, 7) is 4.84. The quantitative estimate of drug-likeness (QED) is 0.337. The fourth-order valence-corrected chi connectivity index (χ4v) is 6.99. The van der Waals surface area contributed by atoms with Gasteiger partial charge in [-0.15, -0.1) is 12.4 Å². The number of hydrogen-bond donors (Lipinski definition) is 2. The largest absolute Gasteiger partial charge is 0.497 e. The number of methoxy groups -OCH3 is 1. The second kappa shape index (κ2) is 15.9. The number of likely N-dealkylation sites (tertiary alicyclic amines) is 1. The number of carbonyl (C=O) groups excluding carboxylic acids is 3. The van der Waals surface area contributed by atoms with Crippen LogP contribution in [0, 0.1) is 5.92 Å². The molecule has 2 saturated heterocycles. The number of esters is 1. The second-order valence-corrected chi connectivity index (χ2v) is 12.6. The number of amides is 2. The molecule has 2 amide bonds. The molecule has 2 heterocycles. The highest BCUT2D eigenvalue weighted by molar-refractivity contribution is 6.00. The first-order valence-corrected chi connectivity index (χ1v) is 16.3. The van der Waals surface area contributed by atoms with Crippen molar-refractivity contribution < 1.29 is 29.0 Å². The minimum Gasteiger partial charge on any atom is -0.497 e. The van der Waals surface area contributed by atoms with Crippen LogP contribution in [0.25, 0.3) is 0 Å². The van der Waals surface area contributed by atoms with E-state index in [0.717, 1.165) is 55.4 Å². The zero-order valence-corrected chi connectivity index (χ0v) is 27.4. The van der Waals surface area contributed by atoms with Crippen molar-refractivity contribution in [2.45, 2.75) is 95.5 Å². The van der Waals surface area contributed by atoms with Gasteiger partial charge in [-0.3, -0.25) is 14.5 Å². The number of carbonyl (C=O) groups is 3. The summed E-state index contributed by atoms with van der Waals surface area (Å²) in [7, 11) is 1.61. The summed E-state index contributed by atoms with van der Waals surface area (Å²) in [6, 6.07) is 14.0. The standard InChI is InChI=1S/C35H47N3O6.ClH/c1-3-4-20-38-32(40)30(31(39)27-8-6-5-7-9-27)36-34(42)35(38)18-21-37(22-19-35)23-25-10-14-28(15-11-25)33(41)44-24-26-12-16-29(43-2)17-13-26;/h10-17,27,30-31,39H,3-9,18-24H2,1-2H3,(H,36,42);1H/t30-,31-;/m1./s1. The summed E-state index contributed by atoms with van der Waals surface area (Å²) in [4.78, 5) is 44.3. The lowest BCUT2D eigenvalue weighted by Gasteiger charge is -2.52. The maximum Gasteiger partial charge on any atom is 0.338 e. The number of nitrogens with one attached hydrogen (secondary N) is 1. The Hall–Kier alpha value is -3.14. The number of piperidine rings is 1. The Kier molecular flexibility index (Phi) is 12.3. The first-order valence-electron chi connectivity index (χ1n) is 16.3. The maximum absolute atomic E-state index is 13.8. The number of unbranched alkanes of at least 4 members (excludes halogenated alkanes) is 1. The maximum atomic E-state index is 13.8. The van der Waals surface area contributed by atoms with Gasteiger partial charge in [0, 0.05) is 26.2 Å². The molecule has 2 aliphatic heterocycles. The monoisotopic (exact) mass is 641 g/mol. The molecule has 2 N–H and O–H groups in total. The van der Waals surface area contributed by atoms with Gasteiger partial charge in [0.2, 0.25) is 11.8 Å². The van der Waals surface area contributed by atoms with Crippen LogP contribution in [0.5, 0.6) is 5.75 Å². The number of hydrogen-bond acceptors (Lipinski definition) is 7. The number of nitrogens with zero attached hydrogens (tertiary/aromatic N) is 2. The molecule has 0 bridgehead atoms. The Morgan fingerprint density at radius 1 is 1.00 bits per heavy atom. The average molecular weight is 642 g/mol. The van der Waals surface area contributed by atoms with E-state index in [1.165, 1.54) is 6.42 Å². The van der Waals surface area contributed by atoms with Gasteiger partial charge in [-0.2, -0.15) is 0 Å². The van der Waals surface area contributed by atoms with E-state index in [1.807, 2.05) is 41.3 Å². The lowest BCUT2D eigenvalue weighted by Crippen LogP contribution is -2.75. The van der Waals surface area contributed by atoms with Crippen molar-refractivity contribution in [1.82, 2.24) is 15.1 Å². The number of aliphatic hydroxyl groups excluding tert-OH is 1. The van der Waals surface area contributed by atoms with Crippen LogP contribution in [0.4, 0.5) is 0 Å². The number of halogens is 1. The molecule has 2 aromatic carbocycles. The molecule has 2 atom stereocenters. The predicted molar refractivity (Wildman–Crippen MR) is 174 cm³/mol. The third-order valence-corrected chi connectivity index (χ3v) is 9.78. The fraction of sp³-hybridized carbons (Fsp3) is 0.571. The Labute approximate surface area is 273 Å². The van der Waals surface area contributed by atoms with E-state index in [9.17, 15) is 19.5 Å². The molecule has 3 fully saturated rings. The number of rotatable bonds is 11. The van der Waals surface area contributed by atoms with Gasteiger partial charge in [0.25, 0.3) is 0 Å². The number of ether oxygens (including phenoxy) is 2. The van der Waals surface area contributed by atoms with Gasteiger partial charge in [-0.05, 0) is 73.4 Å². The molecule has 1 spiro atoms. The molecule has 10 heteroatoms. The molecule has 246 valence electrons. The zero-order chi connectivity index (χ0) is 31.1. The lowest BCUT2D eigenvalue weighted by atomic mass is 9.78. The molecule has 5 rings (SSSR count). The summed E-state index contributed by atoms with van der Waals surface area (Å²) in [5.74, 6) is 0.189. The van der Waals surface area contributed by atoms with Crippen LogP contribution in [0.2, 0.25) is 0 Å². The van der Waals surface area contributed by atoms with Crippen molar-refractivity contribution in [3.63, 3.8) is 0 Å². The molecule has 2 aromatic rings. The topological polar surface area (TPSA) is 108 Å². The van der Waals surface area contributed by atoms with E-state index in [0.29, 0.717) is 44.6 Å². The molecular formula is C35H48ClN3O6. The van der Waals surface area contributed by atoms with Crippen LogP contribution in [-0.2, 0) is 27.5 Å². The van der Waals surface area contributed by atoms with Gasteiger partial charge in [0.05, 0.1) is 18.8 Å². The van der Waals surface area contributed by atoms with Crippen molar-refractivity contribution in [2.75, 3.05) is 26.7 Å². The minimum absolute atomic E-state index is 0. The van der Waals surface area contributed by atoms with Crippen molar-refractivity contribution in [2.24, 2.45) is 5.92 Å². The SMILES string of the molecule is CCCCN1C(=O)[C@@H]([C@H](O)C2CCCCC2)NC(=O)C12CCN(Cc1ccc(C(=O)OCc3ccc(OC)cc3)cc1)CC2.Cl. The molecule has 1 saturated carbocycles. The summed E-state index contributed by atoms with van der Waals surface area (Å²) < 4.78 is 10.6. The smallest absolute Gasteiger partial charge is 0.338 e. The molecule has 3 aliphatic rings. The van der Waals surface area contributed by atoms with Gasteiger partial charge < -0.3 is 24.8 Å². The van der Waals surface area contributed by atoms with Gasteiger partial charge in [-0.25, -0.2) is 4.79 Å². The third kappa shape index (κ3) is 7.99. The van der Waals surface area contributed by atoms with E-state index in [1.54, 1.807) is 19.2 Å². The highest BCUT2D eigenvalue weighted by Gasteiger charge is 2.55. The molecule has 1 aliphatic carbocycles. The summed E-state index contributed by atoms with van der Waals surface area (Å²) >= 11 is 0. The highest BCUT2D eigenvalue weighted by Crippen LogP contribution is 2.36. The van der Waals surface area contributed by atoms with Gasteiger partial charge >= 0.3 is 5.97 Å². The molecule has 0 unspecified atom stereocenters. The summed E-state index contributed by atoms with van der Waals surface area (Å²) in [5, 5.41) is 14.2. The van der Waals surface area contributed by atoms with Crippen LogP contribution in [0.15, 0.2) is 48.5 Å². The Balaban J connectivity index is 0.00000461. The van der Waals surface area contributed by atoms with E-state index in [-0.39, 0.29) is 42.7 Å². The van der Waals surface area contributed by atoms with Crippen molar-refractivity contribution in [3.8, 4) is 5.75 Å². The van der Waals surface area contributed by atoms with Crippen LogP contribution < -0.4 is 10.1 Å². The van der Waals surface area contributed by atoms with E-state index < -0.39 is 17.7 Å². The minimum atomic E-state index is -0.872.